The van der Waals surface area contributed by atoms with E-state index in [-0.39, 0.29) is 23.0 Å². The second-order valence-corrected chi connectivity index (χ2v) is 6.33. The molecule has 0 unspecified atom stereocenters. The molecule has 1 aromatic carbocycles. The van der Waals surface area contributed by atoms with Crippen molar-refractivity contribution in [2.45, 2.75) is 19.5 Å². The fourth-order valence-electron chi connectivity index (χ4n) is 2.82. The molecule has 3 aromatic rings. The average molecular weight is 392 g/mol. The third-order valence-corrected chi connectivity index (χ3v) is 4.34. The summed E-state index contributed by atoms with van der Waals surface area (Å²) in [6.07, 6.45) is 1.44. The molecule has 0 radical (unpaired) electrons. The maximum absolute atomic E-state index is 12.9. The molecule has 146 valence electrons. The lowest BCUT2D eigenvalue weighted by molar-refractivity contribution is -0.138. The number of carbonyl (C=O) groups excluding carboxylic acids is 1. The van der Waals surface area contributed by atoms with Crippen molar-refractivity contribution >= 4 is 22.6 Å². The van der Waals surface area contributed by atoms with Gasteiger partial charge in [-0.15, -0.1) is 0 Å². The summed E-state index contributed by atoms with van der Waals surface area (Å²) in [5, 5.41) is 30.8. The van der Waals surface area contributed by atoms with Gasteiger partial charge in [-0.25, -0.2) is 4.98 Å². The molecule has 0 saturated carbocycles. The maximum Gasteiger partial charge on any atom is 0.325 e. The Morgan fingerprint density at radius 3 is 2.59 bits per heavy atom. The van der Waals surface area contributed by atoms with Crippen molar-refractivity contribution in [3.8, 4) is 11.8 Å². The van der Waals surface area contributed by atoms with E-state index in [2.05, 4.69) is 10.3 Å². The summed E-state index contributed by atoms with van der Waals surface area (Å²) in [7, 11) is 0. The van der Waals surface area contributed by atoms with E-state index in [4.69, 9.17) is 5.11 Å². The molecule has 0 bridgehead atoms. The van der Waals surface area contributed by atoms with E-state index in [0.29, 0.717) is 0 Å². The zero-order chi connectivity index (χ0) is 21.1. The number of rotatable bonds is 5. The summed E-state index contributed by atoms with van der Waals surface area (Å²) < 4.78 is 1.37. The molecule has 9 nitrogen and oxygen atoms in total. The highest BCUT2D eigenvalue weighted by Gasteiger charge is 2.24. The number of carbonyl (C=O) groups is 2. The predicted octanol–water partition coefficient (Wildman–Crippen LogP) is 1.22. The number of amides is 1. The quantitative estimate of drug-likeness (QED) is 0.592. The monoisotopic (exact) mass is 392 g/mol. The Kier molecular flexibility index (Phi) is 5.27. The zero-order valence-electron chi connectivity index (χ0n) is 15.3. The fraction of sp³-hybridized carbons (Fsp3) is 0.150. The number of nitrogens with one attached hydrogen (secondary N) is 1. The number of aromatic hydroxyl groups is 1. The topological polar surface area (TPSA) is 145 Å². The Balaban J connectivity index is 2.12. The minimum Gasteiger partial charge on any atom is -0.505 e. The molecule has 0 fully saturated rings. The highest BCUT2D eigenvalue weighted by molar-refractivity contribution is 6.03. The Morgan fingerprint density at radius 1 is 1.28 bits per heavy atom. The lowest BCUT2D eigenvalue weighted by Crippen LogP contribution is -2.38. The highest BCUT2D eigenvalue weighted by Crippen LogP contribution is 2.27. The molecular formula is C20H16N4O5. The number of hydrogen-bond donors (Lipinski definition) is 3. The molecule has 9 heteroatoms. The average Bonchev–Trinajstić information content (AvgIpc) is 2.71. The van der Waals surface area contributed by atoms with Gasteiger partial charge >= 0.3 is 5.97 Å². The van der Waals surface area contributed by atoms with Crippen LogP contribution in [0.3, 0.4) is 0 Å². The predicted molar refractivity (Wildman–Crippen MR) is 102 cm³/mol. The van der Waals surface area contributed by atoms with Crippen molar-refractivity contribution in [2.75, 3.05) is 0 Å². The van der Waals surface area contributed by atoms with Crippen LogP contribution >= 0.6 is 0 Å². The van der Waals surface area contributed by atoms with Crippen LogP contribution in [-0.4, -0.2) is 37.7 Å². The number of benzene rings is 1. The van der Waals surface area contributed by atoms with Gasteiger partial charge in [-0.05, 0) is 18.6 Å². The molecule has 2 aromatic heterocycles. The van der Waals surface area contributed by atoms with Crippen molar-refractivity contribution in [2.24, 2.45) is 0 Å². The van der Waals surface area contributed by atoms with Gasteiger partial charge in [0.05, 0.1) is 11.9 Å². The molecule has 0 aliphatic carbocycles. The van der Waals surface area contributed by atoms with Crippen molar-refractivity contribution in [1.29, 1.82) is 5.26 Å². The van der Waals surface area contributed by atoms with E-state index in [1.54, 1.807) is 6.07 Å². The number of carboxylic acid groups (broad SMARTS) is 1. The summed E-state index contributed by atoms with van der Waals surface area (Å²) in [5.41, 5.74) is -0.541. The molecule has 0 aliphatic heterocycles. The molecule has 0 saturated heterocycles. The Morgan fingerprint density at radius 2 is 1.97 bits per heavy atom. The van der Waals surface area contributed by atoms with Gasteiger partial charge in [0.15, 0.2) is 17.1 Å². The van der Waals surface area contributed by atoms with E-state index in [9.17, 15) is 24.8 Å². The number of nitriles is 1. The molecule has 3 N–H and O–H groups in total. The van der Waals surface area contributed by atoms with Crippen molar-refractivity contribution < 1.29 is 19.8 Å². The highest BCUT2D eigenvalue weighted by atomic mass is 16.4. The van der Waals surface area contributed by atoms with Gasteiger partial charge in [-0.3, -0.25) is 14.4 Å². The maximum atomic E-state index is 12.9. The normalized spacial score (nSPS) is 11.6. The van der Waals surface area contributed by atoms with E-state index in [1.165, 1.54) is 23.8 Å². The number of fused-ring (bicyclic) bond motifs is 1. The van der Waals surface area contributed by atoms with Crippen LogP contribution in [0.25, 0.3) is 10.8 Å². The van der Waals surface area contributed by atoms with Crippen LogP contribution in [0.5, 0.6) is 5.75 Å². The Labute approximate surface area is 164 Å². The van der Waals surface area contributed by atoms with Crippen LogP contribution in [0.2, 0.25) is 0 Å². The smallest absolute Gasteiger partial charge is 0.325 e. The first-order valence-corrected chi connectivity index (χ1v) is 8.57. The lowest BCUT2D eigenvalue weighted by Gasteiger charge is -2.13. The summed E-state index contributed by atoms with van der Waals surface area (Å²) in [6.45, 7) is 1.49. The Bertz CT molecular complexity index is 1210. The summed E-state index contributed by atoms with van der Waals surface area (Å²) in [4.78, 5) is 39.9. The van der Waals surface area contributed by atoms with Gasteiger partial charge in [0, 0.05) is 11.6 Å². The molecule has 29 heavy (non-hydrogen) atoms. The minimum absolute atomic E-state index is 0.0148. The third-order valence-electron chi connectivity index (χ3n) is 4.34. The number of pyridine rings is 2. The van der Waals surface area contributed by atoms with Crippen LogP contribution in [0.1, 0.15) is 28.7 Å². The summed E-state index contributed by atoms with van der Waals surface area (Å²) in [5.74, 6) is -2.84. The standard InChI is InChI=1S/C20H16N4O5/c1-11(20(28)29)22-18(26)16-17(25)13-7-8-24(10-12-5-3-2-4-6-12)19(27)15(13)14(9-21)23-16/h2-8,11,25H,10H2,1H3,(H,22,26)(H,28,29)/t11-/m1/s1. The number of carboxylic acids is 1. The van der Waals surface area contributed by atoms with Crippen LogP contribution in [0.15, 0.2) is 47.4 Å². The van der Waals surface area contributed by atoms with E-state index >= 15 is 0 Å². The SMILES string of the molecule is C[C@@H](NC(=O)c1nc(C#N)c2c(=O)n(Cc3ccccc3)ccc2c1O)C(=O)O. The fourth-order valence-corrected chi connectivity index (χ4v) is 2.82. The van der Waals surface area contributed by atoms with Crippen molar-refractivity contribution in [3.05, 3.63) is 69.9 Å². The van der Waals surface area contributed by atoms with Gasteiger partial charge in [-0.1, -0.05) is 30.3 Å². The van der Waals surface area contributed by atoms with E-state index in [1.807, 2.05) is 30.3 Å². The number of hydrogen-bond acceptors (Lipinski definition) is 6. The first-order chi connectivity index (χ1) is 13.8. The second kappa shape index (κ2) is 7.82. The minimum atomic E-state index is -1.28. The summed E-state index contributed by atoms with van der Waals surface area (Å²) in [6, 6.07) is 11.1. The van der Waals surface area contributed by atoms with Crippen LogP contribution < -0.4 is 10.9 Å². The molecule has 0 aliphatic rings. The zero-order valence-corrected chi connectivity index (χ0v) is 15.3. The number of nitrogens with zero attached hydrogens (tertiary/aromatic N) is 3. The van der Waals surface area contributed by atoms with E-state index < -0.39 is 34.9 Å². The molecule has 1 atom stereocenters. The van der Waals surface area contributed by atoms with Crippen LogP contribution in [-0.2, 0) is 11.3 Å². The van der Waals surface area contributed by atoms with Crippen molar-refractivity contribution in [3.63, 3.8) is 0 Å². The van der Waals surface area contributed by atoms with Crippen LogP contribution in [0, 0.1) is 11.3 Å². The molecule has 2 heterocycles. The van der Waals surface area contributed by atoms with Gasteiger partial charge < -0.3 is 20.1 Å². The van der Waals surface area contributed by atoms with E-state index in [0.717, 1.165) is 5.56 Å². The van der Waals surface area contributed by atoms with Crippen molar-refractivity contribution in [1.82, 2.24) is 14.9 Å². The van der Waals surface area contributed by atoms with Gasteiger partial charge in [0.25, 0.3) is 11.5 Å². The Hall–Kier alpha value is -4.19. The number of aromatic nitrogens is 2. The van der Waals surface area contributed by atoms with Gasteiger partial charge in [-0.2, -0.15) is 5.26 Å². The second-order valence-electron chi connectivity index (χ2n) is 6.33. The summed E-state index contributed by atoms with van der Waals surface area (Å²) >= 11 is 0. The molecule has 0 spiro atoms. The largest absolute Gasteiger partial charge is 0.505 e. The van der Waals surface area contributed by atoms with Gasteiger partial charge in [0.2, 0.25) is 0 Å². The lowest BCUT2D eigenvalue weighted by atomic mass is 10.1. The number of aliphatic carboxylic acids is 1. The van der Waals surface area contributed by atoms with Crippen LogP contribution in [0.4, 0.5) is 0 Å². The van der Waals surface area contributed by atoms with Gasteiger partial charge in [0.1, 0.15) is 12.1 Å². The molecular weight excluding hydrogens is 376 g/mol. The molecule has 1 amide bonds. The molecule has 3 rings (SSSR count). The third kappa shape index (κ3) is 3.77. The first kappa shape index (κ1) is 19.6. The first-order valence-electron chi connectivity index (χ1n) is 8.57.